The van der Waals surface area contributed by atoms with Crippen LogP contribution >= 0.6 is 11.3 Å². The molecular weight excluding hydrogens is 439 g/mol. The summed E-state index contributed by atoms with van der Waals surface area (Å²) in [7, 11) is 0. The van der Waals surface area contributed by atoms with Crippen LogP contribution in [0.25, 0.3) is 21.2 Å². The highest BCUT2D eigenvalue weighted by Crippen LogP contribution is 2.42. The maximum Gasteiger partial charge on any atom is 0.422 e. The molecule has 3 aromatic rings. The lowest BCUT2D eigenvalue weighted by Crippen LogP contribution is -2.49. The first-order valence-corrected chi connectivity index (χ1v) is 10.9. The van der Waals surface area contributed by atoms with E-state index in [4.69, 9.17) is 11.6 Å². The van der Waals surface area contributed by atoms with E-state index in [1.54, 1.807) is 6.92 Å². The number of alkyl halides is 3. The van der Waals surface area contributed by atoms with Gasteiger partial charge in [0.05, 0.1) is 18.3 Å². The second-order valence-electron chi connectivity index (χ2n) is 7.68. The molecule has 0 fully saturated rings. The number of fused-ring (bicyclic) bond motifs is 1. The molecule has 2 unspecified atom stereocenters. The molecule has 6 N–H and O–H groups in total. The molecule has 2 atom stereocenters. The summed E-state index contributed by atoms with van der Waals surface area (Å²) in [4.78, 5) is 0.829. The number of hydrazine groups is 1. The summed E-state index contributed by atoms with van der Waals surface area (Å²) in [6.07, 6.45) is -5.29. The Bertz CT molecular complexity index is 1110. The molecule has 0 aliphatic heterocycles. The molecule has 0 bridgehead atoms. The Morgan fingerprint density at radius 2 is 1.84 bits per heavy atom. The molecule has 0 aliphatic carbocycles. The summed E-state index contributed by atoms with van der Waals surface area (Å²) in [5, 5.41) is 22.2. The SMILES string of the molecule is CCC(O)(/C(N)=C/N(N)Cc1ccc2c(-c3ccccc3)c(C(C)O)sc2c1)C(F)(F)F. The summed E-state index contributed by atoms with van der Waals surface area (Å²) in [5.41, 5.74) is 4.34. The normalized spacial score (nSPS) is 15.6. The van der Waals surface area contributed by atoms with Crippen LogP contribution in [0.5, 0.6) is 0 Å². The van der Waals surface area contributed by atoms with Gasteiger partial charge in [0, 0.05) is 26.7 Å². The molecule has 0 radical (unpaired) electrons. The van der Waals surface area contributed by atoms with Gasteiger partial charge in [0.1, 0.15) is 0 Å². The van der Waals surface area contributed by atoms with Crippen LogP contribution in [0.15, 0.2) is 60.4 Å². The van der Waals surface area contributed by atoms with Crippen LogP contribution in [-0.2, 0) is 6.54 Å². The Morgan fingerprint density at radius 3 is 2.41 bits per heavy atom. The van der Waals surface area contributed by atoms with Gasteiger partial charge in [0.15, 0.2) is 0 Å². The van der Waals surface area contributed by atoms with Crippen LogP contribution in [0.1, 0.15) is 36.8 Å². The van der Waals surface area contributed by atoms with Crippen molar-refractivity contribution in [1.82, 2.24) is 5.01 Å². The predicted octanol–water partition coefficient (Wildman–Crippen LogP) is 4.80. The van der Waals surface area contributed by atoms with E-state index in [9.17, 15) is 23.4 Å². The molecule has 3 rings (SSSR count). The monoisotopic (exact) mass is 465 g/mol. The highest BCUT2D eigenvalue weighted by Gasteiger charge is 2.54. The highest BCUT2D eigenvalue weighted by molar-refractivity contribution is 7.19. The fraction of sp³-hybridized carbons (Fsp3) is 0.304. The lowest BCUT2D eigenvalue weighted by Gasteiger charge is -2.30. The standard InChI is InChI=1S/C23H26F3N3O2S/c1-3-22(31,23(24,25)26)19(27)13-29(28)12-15-9-10-17-18(11-15)32-21(14(2)30)20(17)16-7-5-4-6-8-16/h4-11,13-14,30-31H,3,12,27-28H2,1-2H3/b19-13-. The van der Waals surface area contributed by atoms with Crippen molar-refractivity contribution in [3.63, 3.8) is 0 Å². The predicted molar refractivity (Wildman–Crippen MR) is 121 cm³/mol. The average Bonchev–Trinajstić information content (AvgIpc) is 3.11. The zero-order valence-electron chi connectivity index (χ0n) is 17.7. The zero-order valence-corrected chi connectivity index (χ0v) is 18.5. The van der Waals surface area contributed by atoms with E-state index in [-0.39, 0.29) is 6.54 Å². The molecule has 0 aliphatic rings. The Hall–Kier alpha value is -2.59. The third-order valence-electron chi connectivity index (χ3n) is 5.35. The van der Waals surface area contributed by atoms with Crippen LogP contribution in [0, 0.1) is 0 Å². The molecule has 32 heavy (non-hydrogen) atoms. The van der Waals surface area contributed by atoms with Gasteiger partial charge >= 0.3 is 6.18 Å². The van der Waals surface area contributed by atoms with E-state index in [1.165, 1.54) is 18.3 Å². The molecule has 0 amide bonds. The van der Waals surface area contributed by atoms with E-state index in [2.05, 4.69) is 0 Å². The van der Waals surface area contributed by atoms with Crippen molar-refractivity contribution >= 4 is 21.4 Å². The number of benzene rings is 2. The number of rotatable bonds is 7. The Balaban J connectivity index is 1.93. The van der Waals surface area contributed by atoms with Crippen LogP contribution in [0.3, 0.4) is 0 Å². The van der Waals surface area contributed by atoms with Gasteiger partial charge in [-0.3, -0.25) is 0 Å². The maximum absolute atomic E-state index is 13.2. The van der Waals surface area contributed by atoms with E-state index < -0.39 is 30.0 Å². The molecule has 172 valence electrons. The maximum atomic E-state index is 13.2. The van der Waals surface area contributed by atoms with Gasteiger partial charge in [-0.1, -0.05) is 49.4 Å². The number of thiophene rings is 1. The molecule has 1 heterocycles. The van der Waals surface area contributed by atoms with E-state index >= 15 is 0 Å². The second-order valence-corrected chi connectivity index (χ2v) is 8.77. The first kappa shape index (κ1) is 24.1. The van der Waals surface area contributed by atoms with Gasteiger partial charge in [-0.2, -0.15) is 13.2 Å². The Kier molecular flexibility index (Phi) is 6.85. The number of aliphatic hydroxyl groups is 2. The van der Waals surface area contributed by atoms with Crippen molar-refractivity contribution in [3.05, 3.63) is 70.9 Å². The lowest BCUT2D eigenvalue weighted by atomic mass is 9.96. The first-order chi connectivity index (χ1) is 15.0. The van der Waals surface area contributed by atoms with Crippen molar-refractivity contribution < 1.29 is 23.4 Å². The third-order valence-corrected chi connectivity index (χ3v) is 6.67. The number of aliphatic hydroxyl groups excluding tert-OH is 1. The molecule has 5 nitrogen and oxygen atoms in total. The lowest BCUT2D eigenvalue weighted by molar-refractivity contribution is -0.245. The van der Waals surface area contributed by atoms with Crippen LogP contribution < -0.4 is 11.6 Å². The van der Waals surface area contributed by atoms with E-state index in [0.717, 1.165) is 42.9 Å². The van der Waals surface area contributed by atoms with E-state index in [0.29, 0.717) is 0 Å². The summed E-state index contributed by atoms with van der Waals surface area (Å²) >= 11 is 1.46. The molecule has 0 spiro atoms. The first-order valence-electron chi connectivity index (χ1n) is 10.0. The number of nitrogens with zero attached hydrogens (tertiary/aromatic N) is 1. The summed E-state index contributed by atoms with van der Waals surface area (Å²) < 4.78 is 40.5. The fourth-order valence-electron chi connectivity index (χ4n) is 3.57. The number of hydrogen-bond acceptors (Lipinski definition) is 6. The van der Waals surface area contributed by atoms with Crippen molar-refractivity contribution in [2.45, 2.75) is 44.7 Å². The quantitative estimate of drug-likeness (QED) is 0.297. The zero-order chi connectivity index (χ0) is 23.7. The number of halogens is 3. The molecule has 0 saturated heterocycles. The van der Waals surface area contributed by atoms with Crippen LogP contribution in [0.4, 0.5) is 13.2 Å². The minimum absolute atomic E-state index is 0.0802. The Morgan fingerprint density at radius 1 is 1.19 bits per heavy atom. The fourth-order valence-corrected chi connectivity index (χ4v) is 4.79. The molecule has 1 aromatic heterocycles. The topological polar surface area (TPSA) is 95.7 Å². The van der Waals surface area contributed by atoms with Crippen LogP contribution in [0.2, 0.25) is 0 Å². The molecule has 2 aromatic carbocycles. The Labute approximate surface area is 188 Å². The molecular formula is C23H26F3N3O2S. The second kappa shape index (κ2) is 9.11. The van der Waals surface area contributed by atoms with Gasteiger partial charge < -0.3 is 21.0 Å². The summed E-state index contributed by atoms with van der Waals surface area (Å²) in [5.74, 6) is 5.88. The summed E-state index contributed by atoms with van der Waals surface area (Å²) in [6.45, 7) is 2.99. The van der Waals surface area contributed by atoms with E-state index in [1.807, 2.05) is 48.5 Å². The molecule has 9 heteroatoms. The van der Waals surface area contributed by atoms with Gasteiger partial charge in [0.25, 0.3) is 0 Å². The van der Waals surface area contributed by atoms with Crippen molar-refractivity contribution in [1.29, 1.82) is 0 Å². The van der Waals surface area contributed by atoms with Crippen molar-refractivity contribution in [2.75, 3.05) is 0 Å². The smallest absolute Gasteiger partial charge is 0.398 e. The van der Waals surface area contributed by atoms with Gasteiger partial charge in [0.2, 0.25) is 5.60 Å². The van der Waals surface area contributed by atoms with Crippen LogP contribution in [-0.4, -0.2) is 27.0 Å². The van der Waals surface area contributed by atoms with Gasteiger partial charge in [-0.05, 0) is 30.5 Å². The largest absolute Gasteiger partial charge is 0.422 e. The number of nitrogens with two attached hydrogens (primary N) is 2. The highest BCUT2D eigenvalue weighted by atomic mass is 32.1. The minimum atomic E-state index is -4.91. The van der Waals surface area contributed by atoms with Crippen molar-refractivity contribution in [3.8, 4) is 11.1 Å². The van der Waals surface area contributed by atoms with Gasteiger partial charge in [-0.25, -0.2) is 5.84 Å². The average molecular weight is 466 g/mol. The van der Waals surface area contributed by atoms with Crippen molar-refractivity contribution in [2.24, 2.45) is 11.6 Å². The number of hydrogen-bond donors (Lipinski definition) is 4. The van der Waals surface area contributed by atoms with Gasteiger partial charge in [-0.15, -0.1) is 11.3 Å². The minimum Gasteiger partial charge on any atom is -0.398 e. The molecule has 0 saturated carbocycles. The third kappa shape index (κ3) is 4.61. The summed E-state index contributed by atoms with van der Waals surface area (Å²) in [6, 6.07) is 15.4.